The quantitative estimate of drug-likeness (QED) is 0.255. The van der Waals surface area contributed by atoms with Crippen molar-refractivity contribution in [2.45, 2.75) is 51.0 Å². The molecular weight excluding hydrogens is 528 g/mol. The lowest BCUT2D eigenvalue weighted by Crippen LogP contribution is -2.42. The molecule has 5 N–H and O–H groups in total. The van der Waals surface area contributed by atoms with Crippen molar-refractivity contribution in [3.05, 3.63) is 40.9 Å². The van der Waals surface area contributed by atoms with Gasteiger partial charge in [-0.25, -0.2) is 9.78 Å². The number of carbonyl (C=O) groups excluding carboxylic acids is 1. The highest BCUT2D eigenvalue weighted by atomic mass is 32.1. The number of thiazole rings is 1. The highest BCUT2D eigenvalue weighted by molar-refractivity contribution is 7.13. The first kappa shape index (κ1) is 31.7. The number of carboxylic acids is 3. The molecule has 1 aromatic carbocycles. The lowest BCUT2D eigenvalue weighted by Gasteiger charge is -2.28. The average Bonchev–Trinajstić information content (AvgIpc) is 3.29. The Bertz CT molecular complexity index is 1120. The van der Waals surface area contributed by atoms with Gasteiger partial charge in [-0.1, -0.05) is 18.6 Å². The monoisotopic (exact) mass is 564 g/mol. The van der Waals surface area contributed by atoms with Crippen LogP contribution < -0.4 is 5.32 Å². The van der Waals surface area contributed by atoms with Crippen molar-refractivity contribution in [1.29, 1.82) is 0 Å². The number of anilines is 2. The lowest BCUT2D eigenvalue weighted by molar-refractivity contribution is -0.170. The third-order valence-corrected chi connectivity index (χ3v) is 6.87. The molecule has 2 aromatic rings. The van der Waals surface area contributed by atoms with Crippen molar-refractivity contribution < 1.29 is 39.6 Å². The normalized spacial score (nSPS) is 13.6. The second-order valence-corrected chi connectivity index (χ2v) is 10.4. The summed E-state index contributed by atoms with van der Waals surface area (Å²) in [4.78, 5) is 51.8. The van der Waals surface area contributed by atoms with E-state index >= 15 is 0 Å². The Morgan fingerprint density at radius 3 is 2.28 bits per heavy atom. The van der Waals surface area contributed by atoms with Crippen molar-refractivity contribution in [3.63, 3.8) is 0 Å². The number of hydrogen-bond acceptors (Lipinski definition) is 9. The maximum absolute atomic E-state index is 12.4. The van der Waals surface area contributed by atoms with Crippen LogP contribution in [-0.4, -0.2) is 97.9 Å². The molecule has 0 bridgehead atoms. The molecule has 39 heavy (non-hydrogen) atoms. The minimum Gasteiger partial charge on any atom is -0.481 e. The molecule has 1 saturated heterocycles. The number of likely N-dealkylation sites (N-methyl/N-ethyl adjacent to an activating group) is 1. The molecule has 1 amide bonds. The Morgan fingerprint density at radius 1 is 1.08 bits per heavy atom. The molecule has 0 radical (unpaired) electrons. The summed E-state index contributed by atoms with van der Waals surface area (Å²) in [5.41, 5.74) is 0.325. The van der Waals surface area contributed by atoms with Gasteiger partial charge in [-0.2, -0.15) is 0 Å². The van der Waals surface area contributed by atoms with Gasteiger partial charge < -0.3 is 35.5 Å². The maximum Gasteiger partial charge on any atom is 0.336 e. The summed E-state index contributed by atoms with van der Waals surface area (Å²) >= 11 is 1.54. The molecule has 13 heteroatoms. The highest BCUT2D eigenvalue weighted by Gasteiger charge is 2.40. The summed E-state index contributed by atoms with van der Waals surface area (Å²) in [6.07, 6.45) is 1.99. The van der Waals surface area contributed by atoms with Crippen molar-refractivity contribution in [2.24, 2.45) is 0 Å². The lowest BCUT2D eigenvalue weighted by atomic mass is 9.96. The summed E-state index contributed by atoms with van der Waals surface area (Å²) in [5, 5.41) is 39.9. The summed E-state index contributed by atoms with van der Waals surface area (Å²) < 4.78 is 0. The van der Waals surface area contributed by atoms with E-state index in [1.807, 2.05) is 29.5 Å². The Balaban J connectivity index is 0.000000349. The molecule has 1 aliphatic heterocycles. The molecular formula is C26H36N4O8S. The number of aromatic nitrogens is 1. The summed E-state index contributed by atoms with van der Waals surface area (Å²) in [6, 6.07) is 8.19. The second kappa shape index (κ2) is 15.1. The van der Waals surface area contributed by atoms with E-state index in [-0.39, 0.29) is 5.91 Å². The molecule has 3 rings (SSSR count). The third-order valence-electron chi connectivity index (χ3n) is 6.06. The number of likely N-dealkylation sites (tertiary alicyclic amines) is 1. The van der Waals surface area contributed by atoms with Gasteiger partial charge in [0.15, 0.2) is 10.7 Å². The summed E-state index contributed by atoms with van der Waals surface area (Å²) in [6.45, 7) is 6.16. The molecule has 12 nitrogen and oxygen atoms in total. The van der Waals surface area contributed by atoms with E-state index in [0.29, 0.717) is 6.42 Å². The number of amides is 1. The smallest absolute Gasteiger partial charge is 0.336 e. The number of carboxylic acid groups (broad SMARTS) is 3. The molecule has 2 heterocycles. The van der Waals surface area contributed by atoms with Crippen LogP contribution in [0.4, 0.5) is 10.8 Å². The fourth-order valence-corrected chi connectivity index (χ4v) is 4.63. The van der Waals surface area contributed by atoms with Crippen molar-refractivity contribution >= 4 is 46.0 Å². The van der Waals surface area contributed by atoms with E-state index in [0.717, 1.165) is 29.6 Å². The van der Waals surface area contributed by atoms with Crippen LogP contribution in [0.2, 0.25) is 0 Å². The van der Waals surface area contributed by atoms with Gasteiger partial charge in [0.2, 0.25) is 5.91 Å². The molecule has 0 spiro atoms. The van der Waals surface area contributed by atoms with Crippen LogP contribution in [0.1, 0.15) is 43.4 Å². The zero-order valence-electron chi connectivity index (χ0n) is 22.1. The number of aryl methyl sites for hydroxylation is 1. The van der Waals surface area contributed by atoms with Crippen LogP contribution >= 0.6 is 11.3 Å². The Hall–Kier alpha value is -3.55. The molecule has 0 unspecified atom stereocenters. The van der Waals surface area contributed by atoms with Crippen molar-refractivity contribution in [2.75, 3.05) is 38.5 Å². The fourth-order valence-electron chi connectivity index (χ4n) is 3.89. The van der Waals surface area contributed by atoms with E-state index in [4.69, 9.17) is 20.4 Å². The van der Waals surface area contributed by atoms with Crippen LogP contribution in [0.15, 0.2) is 29.6 Å². The van der Waals surface area contributed by atoms with Gasteiger partial charge in [-0.15, -0.1) is 11.3 Å². The molecule has 214 valence electrons. The number of aliphatic carboxylic acids is 3. The van der Waals surface area contributed by atoms with Crippen LogP contribution in [0.5, 0.6) is 0 Å². The molecule has 1 aromatic heterocycles. The van der Waals surface area contributed by atoms with Crippen LogP contribution in [0.3, 0.4) is 0 Å². The van der Waals surface area contributed by atoms with Crippen LogP contribution in [-0.2, 0) is 25.6 Å². The first-order valence-corrected chi connectivity index (χ1v) is 13.4. The Labute approximate surface area is 230 Å². The molecule has 0 saturated carbocycles. The largest absolute Gasteiger partial charge is 0.481 e. The van der Waals surface area contributed by atoms with Crippen LogP contribution in [0.25, 0.3) is 0 Å². The number of carbonyl (C=O) groups is 4. The number of rotatable bonds is 12. The minimum atomic E-state index is -2.74. The van der Waals surface area contributed by atoms with E-state index in [9.17, 15) is 19.2 Å². The van der Waals surface area contributed by atoms with E-state index in [1.165, 1.54) is 49.3 Å². The predicted molar refractivity (Wildman–Crippen MR) is 145 cm³/mol. The van der Waals surface area contributed by atoms with Gasteiger partial charge in [-0.05, 0) is 50.6 Å². The fraction of sp³-hybridized carbons (Fsp3) is 0.500. The Morgan fingerprint density at radius 2 is 1.72 bits per heavy atom. The van der Waals surface area contributed by atoms with Gasteiger partial charge in [0.05, 0.1) is 25.0 Å². The summed E-state index contributed by atoms with van der Waals surface area (Å²) in [5.74, 6) is -4.89. The zero-order valence-corrected chi connectivity index (χ0v) is 22.9. The molecule has 1 aliphatic rings. The average molecular weight is 565 g/mol. The Kier molecular flexibility index (Phi) is 12.3. The number of hydrogen-bond donors (Lipinski definition) is 5. The van der Waals surface area contributed by atoms with Gasteiger partial charge in [0.1, 0.15) is 0 Å². The topological polar surface area (TPSA) is 181 Å². The molecule has 0 aliphatic carbocycles. The van der Waals surface area contributed by atoms with Crippen molar-refractivity contribution in [3.8, 4) is 0 Å². The number of benzene rings is 1. The van der Waals surface area contributed by atoms with E-state index in [1.54, 1.807) is 0 Å². The molecule has 0 atom stereocenters. The van der Waals surface area contributed by atoms with Gasteiger partial charge in [-0.3, -0.25) is 14.4 Å². The van der Waals surface area contributed by atoms with Gasteiger partial charge >= 0.3 is 17.9 Å². The van der Waals surface area contributed by atoms with E-state index in [2.05, 4.69) is 34.3 Å². The highest BCUT2D eigenvalue weighted by Crippen LogP contribution is 2.22. The third kappa shape index (κ3) is 11.4. The maximum atomic E-state index is 12.4. The van der Waals surface area contributed by atoms with Crippen LogP contribution in [0, 0.1) is 6.92 Å². The van der Waals surface area contributed by atoms with E-state index < -0.39 is 36.4 Å². The summed E-state index contributed by atoms with van der Waals surface area (Å²) in [7, 11) is 1.89. The first-order valence-electron chi connectivity index (χ1n) is 12.5. The van der Waals surface area contributed by atoms with Gasteiger partial charge in [0, 0.05) is 31.2 Å². The first-order chi connectivity index (χ1) is 18.4. The number of nitrogens with one attached hydrogen (secondary N) is 1. The predicted octanol–water partition coefficient (Wildman–Crippen LogP) is 2.43. The molecule has 1 fully saturated rings. The minimum absolute atomic E-state index is 0.134. The number of piperidine rings is 1. The standard InChI is InChI=1S/C20H28N4OS.C6H8O7/c1-16-7-6-8-17(13-16)21-20-22-18(15-26-20)14-19(25)23(2)11-12-24-9-4-3-5-10-24;7-3(8)1-6(13,5(11)12)2-4(9)10/h6-8,13,15H,3-5,9-12,14H2,1-2H3,(H,21,22);13H,1-2H2,(H,7,8)(H,9,10)(H,11,12). The number of aliphatic hydroxyl groups is 1. The van der Waals surface area contributed by atoms with Gasteiger partial charge in [0.25, 0.3) is 0 Å². The second-order valence-electron chi connectivity index (χ2n) is 9.51. The zero-order chi connectivity index (χ0) is 29.0. The SMILES string of the molecule is Cc1cccc(Nc2nc(CC(=O)N(C)CCN3CCCCC3)cs2)c1.O=C(O)CC(O)(CC(=O)O)C(=O)O. The van der Waals surface area contributed by atoms with Crippen molar-refractivity contribution in [1.82, 2.24) is 14.8 Å². The number of nitrogens with zero attached hydrogens (tertiary/aromatic N) is 3.